The van der Waals surface area contributed by atoms with Crippen LogP contribution >= 0.6 is 0 Å². The van der Waals surface area contributed by atoms with Crippen LogP contribution in [0.5, 0.6) is 0 Å². The number of carbonyl (C=O) groups is 4. The van der Waals surface area contributed by atoms with E-state index in [4.69, 9.17) is 11.5 Å². The summed E-state index contributed by atoms with van der Waals surface area (Å²) in [5.41, 5.74) is 13.6. The van der Waals surface area contributed by atoms with Gasteiger partial charge in [0, 0.05) is 18.2 Å². The molecule has 3 rings (SSSR count). The van der Waals surface area contributed by atoms with Crippen molar-refractivity contribution in [3.63, 3.8) is 0 Å². The number of hydrogen-bond donors (Lipinski definition) is 7. The van der Waals surface area contributed by atoms with E-state index in [1.54, 1.807) is 51.2 Å². The van der Waals surface area contributed by atoms with Gasteiger partial charge in [-0.05, 0) is 47.9 Å². The van der Waals surface area contributed by atoms with Crippen molar-refractivity contribution in [1.82, 2.24) is 25.6 Å². The maximum atomic E-state index is 12.7. The van der Waals surface area contributed by atoms with Gasteiger partial charge in [0.05, 0.1) is 5.39 Å². The van der Waals surface area contributed by atoms with Gasteiger partial charge in [-0.3, -0.25) is 9.59 Å². The number of amides is 2. The number of nitrogens with zero attached hydrogens (tertiary/aromatic N) is 2. The molecule has 0 aliphatic carbocycles. The van der Waals surface area contributed by atoms with Crippen molar-refractivity contribution in [3.8, 4) is 0 Å². The minimum Gasteiger partial charge on any atom is -0.480 e. The summed E-state index contributed by atoms with van der Waals surface area (Å²) in [6.07, 6.45) is 2.59. The molecule has 2 atom stereocenters. The van der Waals surface area contributed by atoms with Crippen molar-refractivity contribution < 1.29 is 29.4 Å². The molecular formula is C26H33N7O6. The van der Waals surface area contributed by atoms with E-state index in [1.165, 1.54) is 0 Å². The highest BCUT2D eigenvalue weighted by molar-refractivity contribution is 5.96. The van der Waals surface area contributed by atoms with Crippen LogP contribution in [0.3, 0.4) is 0 Å². The van der Waals surface area contributed by atoms with E-state index in [0.29, 0.717) is 29.7 Å². The number of nitrogen functional groups attached to an aromatic ring is 2. The molecule has 2 aromatic heterocycles. The minimum atomic E-state index is -1.33. The van der Waals surface area contributed by atoms with E-state index in [1.807, 2.05) is 0 Å². The third kappa shape index (κ3) is 7.43. The molecule has 0 bridgehead atoms. The molecular weight excluding hydrogens is 506 g/mol. The van der Waals surface area contributed by atoms with Crippen molar-refractivity contribution in [3.05, 3.63) is 47.2 Å². The van der Waals surface area contributed by atoms with E-state index >= 15 is 0 Å². The molecule has 0 fully saturated rings. The van der Waals surface area contributed by atoms with Crippen molar-refractivity contribution in [2.45, 2.75) is 58.5 Å². The smallest absolute Gasteiger partial charge is 0.326 e. The highest BCUT2D eigenvalue weighted by Crippen LogP contribution is 2.24. The standard InChI is InChI=1S/C26H33N7O6/c1-26(2,3)19(24(38)39)31-17(34)11-10-16(23(36)37)30-22(35)14-7-4-13(5-8-14)6-9-15-12-29-21-18(15)20(27)32-25(28)33-21/h4-5,7-8,12,16,19H,6,9-11H2,1-3H3,(H,30,35)(H,31,34)(H,36,37)(H,38,39)(H5,27,28,29,32,33)/t16-,19+/m0/s1. The van der Waals surface area contributed by atoms with E-state index in [-0.39, 0.29) is 24.4 Å². The summed E-state index contributed by atoms with van der Waals surface area (Å²) < 4.78 is 0. The van der Waals surface area contributed by atoms with Crippen LogP contribution in [0, 0.1) is 5.41 Å². The van der Waals surface area contributed by atoms with E-state index < -0.39 is 41.3 Å². The lowest BCUT2D eigenvalue weighted by Gasteiger charge is -2.28. The summed E-state index contributed by atoms with van der Waals surface area (Å²) in [4.78, 5) is 59.3. The lowest BCUT2D eigenvalue weighted by molar-refractivity contribution is -0.145. The number of carbonyl (C=O) groups excluding carboxylic acids is 2. The number of rotatable bonds is 11. The van der Waals surface area contributed by atoms with Gasteiger partial charge < -0.3 is 37.3 Å². The molecule has 3 aromatic rings. The Balaban J connectivity index is 1.57. The first-order valence-corrected chi connectivity index (χ1v) is 12.3. The van der Waals surface area contributed by atoms with Gasteiger partial charge in [0.1, 0.15) is 23.5 Å². The van der Waals surface area contributed by atoms with Crippen LogP contribution in [0.1, 0.15) is 55.1 Å². The highest BCUT2D eigenvalue weighted by Gasteiger charge is 2.33. The predicted molar refractivity (Wildman–Crippen MR) is 144 cm³/mol. The van der Waals surface area contributed by atoms with Crippen LogP contribution in [-0.4, -0.2) is 61.0 Å². The van der Waals surface area contributed by atoms with Crippen LogP contribution in [0.4, 0.5) is 11.8 Å². The number of hydrogen-bond acceptors (Lipinski definition) is 8. The lowest BCUT2D eigenvalue weighted by atomic mass is 9.86. The van der Waals surface area contributed by atoms with Gasteiger partial charge in [0.15, 0.2) is 0 Å². The van der Waals surface area contributed by atoms with Crippen molar-refractivity contribution >= 4 is 46.6 Å². The molecule has 0 unspecified atom stereocenters. The Hall–Kier alpha value is -4.68. The summed E-state index contributed by atoms with van der Waals surface area (Å²) in [6.45, 7) is 5.00. The van der Waals surface area contributed by atoms with Gasteiger partial charge in [0.2, 0.25) is 11.9 Å². The second-order valence-electron chi connectivity index (χ2n) is 10.3. The van der Waals surface area contributed by atoms with Gasteiger partial charge in [-0.25, -0.2) is 9.59 Å². The molecule has 13 heteroatoms. The summed E-state index contributed by atoms with van der Waals surface area (Å²) >= 11 is 0. The molecule has 2 amide bonds. The first kappa shape index (κ1) is 28.9. The summed E-state index contributed by atoms with van der Waals surface area (Å²) in [5.74, 6) is -3.33. The third-order valence-corrected chi connectivity index (χ3v) is 6.24. The van der Waals surface area contributed by atoms with Crippen LogP contribution in [0.15, 0.2) is 30.5 Å². The molecule has 208 valence electrons. The Kier molecular flexibility index (Phi) is 8.74. The predicted octanol–water partition coefficient (Wildman–Crippen LogP) is 1.49. The minimum absolute atomic E-state index is 0.0861. The van der Waals surface area contributed by atoms with Crippen molar-refractivity contribution in [2.24, 2.45) is 5.41 Å². The zero-order chi connectivity index (χ0) is 28.9. The zero-order valence-corrected chi connectivity index (χ0v) is 21.9. The number of nitrogens with two attached hydrogens (primary N) is 2. The van der Waals surface area contributed by atoms with Gasteiger partial charge in [-0.15, -0.1) is 0 Å². The third-order valence-electron chi connectivity index (χ3n) is 6.24. The Bertz CT molecular complexity index is 1380. The average Bonchev–Trinajstić information content (AvgIpc) is 3.25. The van der Waals surface area contributed by atoms with Crippen LogP contribution < -0.4 is 22.1 Å². The van der Waals surface area contributed by atoms with E-state index in [9.17, 15) is 29.4 Å². The Morgan fingerprint density at radius 3 is 2.23 bits per heavy atom. The fourth-order valence-electron chi connectivity index (χ4n) is 4.10. The molecule has 9 N–H and O–H groups in total. The molecule has 13 nitrogen and oxygen atoms in total. The molecule has 0 saturated heterocycles. The maximum Gasteiger partial charge on any atom is 0.326 e. The highest BCUT2D eigenvalue weighted by atomic mass is 16.4. The number of aliphatic carboxylic acids is 2. The SMILES string of the molecule is CC(C)(C)[C@H](NC(=O)CC[C@H](NC(=O)c1ccc(CCc2c[nH]c3nc(N)nc(N)c23)cc1)C(=O)O)C(=O)O. The van der Waals surface area contributed by atoms with E-state index in [0.717, 1.165) is 11.1 Å². The second-order valence-corrected chi connectivity index (χ2v) is 10.3. The number of carboxylic acids is 2. The van der Waals surface area contributed by atoms with E-state index in [2.05, 4.69) is 25.6 Å². The zero-order valence-electron chi connectivity index (χ0n) is 21.9. The van der Waals surface area contributed by atoms with Gasteiger partial charge in [-0.2, -0.15) is 9.97 Å². The Morgan fingerprint density at radius 2 is 1.64 bits per heavy atom. The van der Waals surface area contributed by atoms with Gasteiger partial charge in [0.25, 0.3) is 5.91 Å². The number of nitrogens with one attached hydrogen (secondary N) is 3. The fourth-order valence-corrected chi connectivity index (χ4v) is 4.10. The maximum absolute atomic E-state index is 12.7. The lowest BCUT2D eigenvalue weighted by Crippen LogP contribution is -2.49. The monoisotopic (exact) mass is 539 g/mol. The molecule has 0 saturated carbocycles. The molecule has 0 aliphatic rings. The number of anilines is 2. The summed E-state index contributed by atoms with van der Waals surface area (Å²) in [7, 11) is 0. The van der Waals surface area contributed by atoms with Crippen LogP contribution in [0.25, 0.3) is 11.0 Å². The number of aromatic nitrogens is 3. The molecule has 0 radical (unpaired) electrons. The van der Waals surface area contributed by atoms with Crippen molar-refractivity contribution in [2.75, 3.05) is 11.5 Å². The Labute approximate surface area is 224 Å². The first-order valence-electron chi connectivity index (χ1n) is 12.3. The largest absolute Gasteiger partial charge is 0.480 e. The van der Waals surface area contributed by atoms with Gasteiger partial charge >= 0.3 is 11.9 Å². The second kappa shape index (κ2) is 11.8. The number of aryl methyl sites for hydroxylation is 2. The van der Waals surface area contributed by atoms with Crippen molar-refractivity contribution in [1.29, 1.82) is 0 Å². The summed E-state index contributed by atoms with van der Waals surface area (Å²) in [6, 6.07) is 4.24. The number of fused-ring (bicyclic) bond motifs is 1. The van der Waals surface area contributed by atoms with Gasteiger partial charge in [-0.1, -0.05) is 32.9 Å². The average molecular weight is 540 g/mol. The molecule has 0 aliphatic heterocycles. The molecule has 39 heavy (non-hydrogen) atoms. The van der Waals surface area contributed by atoms with Crippen LogP contribution in [-0.2, 0) is 27.2 Å². The number of H-pyrrole nitrogens is 1. The first-order chi connectivity index (χ1) is 18.3. The Morgan fingerprint density at radius 1 is 0.974 bits per heavy atom. The molecule has 1 aromatic carbocycles. The normalized spacial score (nSPS) is 13.0. The van der Waals surface area contributed by atoms with Crippen LogP contribution in [0.2, 0.25) is 0 Å². The molecule has 0 spiro atoms. The number of carboxylic acid groups (broad SMARTS) is 2. The number of benzene rings is 1. The number of aromatic amines is 1. The quantitative estimate of drug-likeness (QED) is 0.186. The topological polar surface area (TPSA) is 226 Å². The summed E-state index contributed by atoms with van der Waals surface area (Å²) in [5, 5.41) is 24.4. The molecule has 2 heterocycles. The fraction of sp³-hybridized carbons (Fsp3) is 0.385.